The maximum atomic E-state index is 11.3. The van der Waals surface area contributed by atoms with Crippen molar-refractivity contribution in [2.24, 2.45) is 0 Å². The SMILES string of the molecule is COC1=CN(C)C(=C=O)C(OC)C1c1ccccc1[N+](=O)[O-]. The van der Waals surface area contributed by atoms with Gasteiger partial charge in [-0.05, 0) is 0 Å². The number of benzene rings is 1. The van der Waals surface area contributed by atoms with Gasteiger partial charge >= 0.3 is 0 Å². The summed E-state index contributed by atoms with van der Waals surface area (Å²) in [6, 6.07) is 6.34. The number of nitro benzene ring substituents is 1. The van der Waals surface area contributed by atoms with Crippen molar-refractivity contribution in [1.29, 1.82) is 0 Å². The zero-order valence-electron chi connectivity index (χ0n) is 12.5. The van der Waals surface area contributed by atoms with Crippen LogP contribution < -0.4 is 0 Å². The molecule has 2 rings (SSSR count). The van der Waals surface area contributed by atoms with Crippen LogP contribution in [0.1, 0.15) is 11.5 Å². The molecular weight excluding hydrogens is 288 g/mol. The Labute approximate surface area is 127 Å². The highest BCUT2D eigenvalue weighted by Gasteiger charge is 2.40. The van der Waals surface area contributed by atoms with Crippen molar-refractivity contribution in [3.05, 3.63) is 57.6 Å². The van der Waals surface area contributed by atoms with Crippen LogP contribution in [0, 0.1) is 10.1 Å². The Morgan fingerprint density at radius 1 is 1.32 bits per heavy atom. The van der Waals surface area contributed by atoms with E-state index in [0.29, 0.717) is 11.3 Å². The predicted molar refractivity (Wildman–Crippen MR) is 78.7 cm³/mol. The Bertz CT molecular complexity index is 664. The Hall–Kier alpha value is -2.63. The van der Waals surface area contributed by atoms with Gasteiger partial charge in [0.2, 0.25) is 0 Å². The minimum atomic E-state index is -0.719. The van der Waals surface area contributed by atoms with Crippen LogP contribution in [0.2, 0.25) is 0 Å². The van der Waals surface area contributed by atoms with Crippen LogP contribution in [0.4, 0.5) is 5.69 Å². The van der Waals surface area contributed by atoms with Gasteiger partial charge in [-0.1, -0.05) is 18.2 Å². The number of rotatable bonds is 4. The number of likely N-dealkylation sites (N-methyl/N-ethyl adjacent to an activating group) is 1. The van der Waals surface area contributed by atoms with E-state index in [1.807, 2.05) is 5.94 Å². The molecule has 22 heavy (non-hydrogen) atoms. The zero-order valence-corrected chi connectivity index (χ0v) is 12.5. The second kappa shape index (κ2) is 6.43. The van der Waals surface area contributed by atoms with Gasteiger partial charge in [-0.3, -0.25) is 10.1 Å². The van der Waals surface area contributed by atoms with Gasteiger partial charge in [0, 0.05) is 32.0 Å². The van der Waals surface area contributed by atoms with E-state index >= 15 is 0 Å². The van der Waals surface area contributed by atoms with Crippen LogP contribution in [0.25, 0.3) is 0 Å². The summed E-state index contributed by atoms with van der Waals surface area (Å²) in [5.41, 5.74) is 0.632. The van der Waals surface area contributed by atoms with Crippen molar-refractivity contribution < 1.29 is 19.2 Å². The summed E-state index contributed by atoms with van der Waals surface area (Å²) in [5, 5.41) is 11.3. The molecule has 1 aliphatic heterocycles. The number of ether oxygens (including phenoxy) is 2. The van der Waals surface area contributed by atoms with Crippen LogP contribution in [-0.2, 0) is 14.3 Å². The van der Waals surface area contributed by atoms with Crippen molar-refractivity contribution in [3.8, 4) is 0 Å². The fourth-order valence-electron chi connectivity index (χ4n) is 2.64. The van der Waals surface area contributed by atoms with E-state index in [0.717, 1.165) is 0 Å². The Kier molecular flexibility index (Phi) is 4.60. The second-order valence-electron chi connectivity index (χ2n) is 4.78. The molecule has 0 amide bonds. The maximum Gasteiger partial charge on any atom is 0.273 e. The van der Waals surface area contributed by atoms with Gasteiger partial charge in [0.25, 0.3) is 5.69 Å². The Morgan fingerprint density at radius 2 is 2.00 bits per heavy atom. The highest BCUT2D eigenvalue weighted by Crippen LogP contribution is 2.41. The van der Waals surface area contributed by atoms with Gasteiger partial charge in [-0.25, -0.2) is 4.79 Å². The molecule has 0 spiro atoms. The van der Waals surface area contributed by atoms with E-state index in [2.05, 4.69) is 0 Å². The molecule has 0 aromatic heterocycles. The van der Waals surface area contributed by atoms with Crippen LogP contribution in [0.15, 0.2) is 41.9 Å². The van der Waals surface area contributed by atoms with Crippen LogP contribution in [-0.4, -0.2) is 43.1 Å². The number of methoxy groups -OCH3 is 2. The normalized spacial score (nSPS) is 21.1. The fourth-order valence-corrected chi connectivity index (χ4v) is 2.64. The molecule has 2 atom stereocenters. The van der Waals surface area contributed by atoms with Gasteiger partial charge in [0.05, 0.1) is 18.0 Å². The Balaban J connectivity index is 2.67. The maximum absolute atomic E-state index is 11.3. The van der Waals surface area contributed by atoms with Gasteiger partial charge in [0.15, 0.2) is 0 Å². The number of hydrogen-bond acceptors (Lipinski definition) is 6. The lowest BCUT2D eigenvalue weighted by molar-refractivity contribution is -0.385. The van der Waals surface area contributed by atoms with Crippen LogP contribution >= 0.6 is 0 Å². The summed E-state index contributed by atoms with van der Waals surface area (Å²) in [4.78, 5) is 23.6. The first-order chi connectivity index (χ1) is 10.5. The lowest BCUT2D eigenvalue weighted by atomic mass is 9.86. The smallest absolute Gasteiger partial charge is 0.273 e. The topological polar surface area (TPSA) is 81.9 Å². The second-order valence-corrected chi connectivity index (χ2v) is 4.78. The molecule has 116 valence electrons. The van der Waals surface area contributed by atoms with Gasteiger partial charge in [-0.15, -0.1) is 0 Å². The summed E-state index contributed by atoms with van der Waals surface area (Å²) in [6.07, 6.45) is 0.889. The largest absolute Gasteiger partial charge is 0.499 e. The molecule has 7 nitrogen and oxygen atoms in total. The molecule has 0 saturated carbocycles. The highest BCUT2D eigenvalue weighted by atomic mass is 16.6. The molecule has 1 aromatic carbocycles. The quantitative estimate of drug-likeness (QED) is 0.479. The van der Waals surface area contributed by atoms with Crippen molar-refractivity contribution in [1.82, 2.24) is 4.90 Å². The number of para-hydroxylation sites is 1. The van der Waals surface area contributed by atoms with Crippen molar-refractivity contribution in [2.45, 2.75) is 12.0 Å². The summed E-state index contributed by atoms with van der Waals surface area (Å²) in [6.45, 7) is 0. The predicted octanol–water partition coefficient (Wildman–Crippen LogP) is 1.84. The lowest BCUT2D eigenvalue weighted by Gasteiger charge is -2.35. The molecule has 0 N–H and O–H groups in total. The molecule has 1 aromatic rings. The van der Waals surface area contributed by atoms with E-state index in [4.69, 9.17) is 9.47 Å². The molecule has 0 bridgehead atoms. The highest BCUT2D eigenvalue weighted by molar-refractivity contribution is 5.58. The standard InChI is InChI=1S/C15H16N2O5/c1-16-8-13(21-2)14(15(22-3)12(16)9-18)10-6-4-5-7-11(10)17(19)20/h4-8,14-15H,1-3H3. The third-order valence-electron chi connectivity index (χ3n) is 3.64. The number of nitrogens with zero attached hydrogens (tertiary/aromatic N) is 2. The summed E-state index contributed by atoms with van der Waals surface area (Å²) < 4.78 is 10.8. The van der Waals surface area contributed by atoms with Crippen LogP contribution in [0.3, 0.4) is 0 Å². The minimum absolute atomic E-state index is 0.0488. The number of nitro groups is 1. The first kappa shape index (κ1) is 15.8. The molecular formula is C15H16N2O5. The third kappa shape index (κ3) is 2.59. The summed E-state index contributed by atoms with van der Waals surface area (Å²) in [5.74, 6) is 1.73. The first-order valence-corrected chi connectivity index (χ1v) is 6.54. The van der Waals surface area contributed by atoms with Gasteiger partial charge in [0.1, 0.15) is 23.5 Å². The van der Waals surface area contributed by atoms with E-state index in [-0.39, 0.29) is 11.4 Å². The Morgan fingerprint density at radius 3 is 2.55 bits per heavy atom. The number of hydrogen-bond donors (Lipinski definition) is 0. The monoisotopic (exact) mass is 304 g/mol. The molecule has 2 unspecified atom stereocenters. The zero-order chi connectivity index (χ0) is 16.3. The summed E-state index contributed by atoms with van der Waals surface area (Å²) >= 11 is 0. The molecule has 0 radical (unpaired) electrons. The van der Waals surface area contributed by atoms with Crippen LogP contribution in [0.5, 0.6) is 0 Å². The molecule has 0 aliphatic carbocycles. The molecule has 0 fully saturated rings. The summed E-state index contributed by atoms with van der Waals surface area (Å²) in [7, 11) is 4.58. The van der Waals surface area contributed by atoms with E-state index in [1.165, 1.54) is 20.3 Å². The average Bonchev–Trinajstić information content (AvgIpc) is 2.53. The van der Waals surface area contributed by atoms with Crippen molar-refractivity contribution >= 4 is 11.6 Å². The molecule has 1 heterocycles. The number of carbonyl (C=O) groups excluding carboxylic acids is 1. The third-order valence-corrected chi connectivity index (χ3v) is 3.64. The lowest BCUT2D eigenvalue weighted by Crippen LogP contribution is -2.37. The van der Waals surface area contributed by atoms with E-state index in [9.17, 15) is 14.9 Å². The average molecular weight is 304 g/mol. The van der Waals surface area contributed by atoms with Crippen molar-refractivity contribution in [3.63, 3.8) is 0 Å². The minimum Gasteiger partial charge on any atom is -0.499 e. The first-order valence-electron chi connectivity index (χ1n) is 6.54. The van der Waals surface area contributed by atoms with E-state index in [1.54, 1.807) is 36.3 Å². The molecule has 1 aliphatic rings. The molecule has 7 heteroatoms. The van der Waals surface area contributed by atoms with Gasteiger partial charge in [-0.2, -0.15) is 0 Å². The van der Waals surface area contributed by atoms with Gasteiger partial charge < -0.3 is 14.4 Å². The van der Waals surface area contributed by atoms with E-state index < -0.39 is 16.9 Å². The molecule has 0 saturated heterocycles. The van der Waals surface area contributed by atoms with Crippen molar-refractivity contribution in [2.75, 3.05) is 21.3 Å². The fraction of sp³-hybridized carbons (Fsp3) is 0.333.